The van der Waals surface area contributed by atoms with Crippen molar-refractivity contribution in [1.82, 2.24) is 0 Å². The van der Waals surface area contributed by atoms with Crippen molar-refractivity contribution in [1.29, 1.82) is 0 Å². The monoisotopic (exact) mass is 470 g/mol. The molecule has 0 aliphatic carbocycles. The molecule has 0 aliphatic rings. The van der Waals surface area contributed by atoms with Gasteiger partial charge in [0.1, 0.15) is 0 Å². The van der Waals surface area contributed by atoms with Crippen molar-refractivity contribution in [3.05, 3.63) is 93.7 Å². The van der Waals surface area contributed by atoms with Gasteiger partial charge in [-0.15, -0.1) is 0 Å². The van der Waals surface area contributed by atoms with E-state index in [0.29, 0.717) is 26.3 Å². The van der Waals surface area contributed by atoms with E-state index < -0.39 is 0 Å². The molecule has 0 unspecified atom stereocenters. The number of benzene rings is 2. The Morgan fingerprint density at radius 3 is 2.13 bits per heavy atom. The fourth-order valence-corrected chi connectivity index (χ4v) is 3.62. The highest BCUT2D eigenvalue weighted by Gasteiger charge is 2.21. The lowest BCUT2D eigenvalue weighted by molar-refractivity contribution is -0.577. The van der Waals surface area contributed by atoms with Crippen LogP contribution in [0.2, 0.25) is 10.0 Å². The maximum Gasteiger partial charge on any atom is 0.238 e. The summed E-state index contributed by atoms with van der Waals surface area (Å²) in [6.45, 7) is 8.35. The molecule has 0 atom stereocenters. The second-order valence-electron chi connectivity index (χ2n) is 8.35. The second-order valence-corrected chi connectivity index (χ2v) is 9.60. The lowest BCUT2D eigenvalue weighted by atomic mass is 9.88. The van der Waals surface area contributed by atoms with Crippen molar-refractivity contribution in [2.75, 3.05) is 5.32 Å². The van der Waals surface area contributed by atoms with Crippen LogP contribution >= 0.6 is 35.4 Å². The van der Waals surface area contributed by atoms with E-state index in [9.17, 15) is 5.11 Å². The first-order valence-corrected chi connectivity index (χ1v) is 11.0. The molecule has 2 aromatic carbocycles. The van der Waals surface area contributed by atoms with Crippen LogP contribution in [0.25, 0.3) is 11.5 Å². The zero-order chi connectivity index (χ0) is 22.8. The third-order valence-electron chi connectivity index (χ3n) is 4.91. The number of rotatable bonds is 4. The number of anilines is 1. The van der Waals surface area contributed by atoms with Gasteiger partial charge < -0.3 is 10.4 Å². The molecule has 0 bridgehead atoms. The molecule has 0 amide bonds. The standard InChI is InChI=1S/C25H24Cl2N2OS/c1-16-15-20(9-10-21(16)27)28-24(31)22(23(30)17-5-7-19(26)8-6-17)29-13-11-18(12-14-29)25(2,3)4/h5-15H,1-4H3,(H-,28,30,31). The normalized spacial score (nSPS) is 12.3. The number of pyridine rings is 1. The Morgan fingerprint density at radius 1 is 0.968 bits per heavy atom. The van der Waals surface area contributed by atoms with Gasteiger partial charge >= 0.3 is 0 Å². The molecule has 3 aromatic rings. The highest BCUT2D eigenvalue weighted by molar-refractivity contribution is 7.81. The van der Waals surface area contributed by atoms with Gasteiger partial charge in [0.25, 0.3) is 0 Å². The maximum absolute atomic E-state index is 13.4. The van der Waals surface area contributed by atoms with Crippen LogP contribution in [0.1, 0.15) is 37.5 Å². The van der Waals surface area contributed by atoms with Crippen LogP contribution in [-0.2, 0) is 5.41 Å². The van der Waals surface area contributed by atoms with Gasteiger partial charge in [-0.3, -0.25) is 0 Å². The van der Waals surface area contributed by atoms with Gasteiger partial charge in [-0.1, -0.05) is 68.3 Å². The van der Waals surface area contributed by atoms with Crippen LogP contribution in [0.15, 0.2) is 67.0 Å². The molecule has 0 spiro atoms. The van der Waals surface area contributed by atoms with Crippen LogP contribution in [0.4, 0.5) is 5.69 Å². The molecular formula is C25H24Cl2N2OS. The second kappa shape index (κ2) is 9.39. The summed E-state index contributed by atoms with van der Waals surface area (Å²) in [6.07, 6.45) is 3.73. The molecule has 1 aromatic heterocycles. The number of aromatic nitrogens is 1. The minimum Gasteiger partial charge on any atom is -0.867 e. The molecule has 3 rings (SSSR count). The van der Waals surface area contributed by atoms with Crippen molar-refractivity contribution in [3.63, 3.8) is 0 Å². The lowest BCUT2D eigenvalue weighted by Gasteiger charge is -2.19. The van der Waals surface area contributed by atoms with Crippen LogP contribution in [0.3, 0.4) is 0 Å². The molecule has 3 nitrogen and oxygen atoms in total. The van der Waals surface area contributed by atoms with Gasteiger partial charge in [-0.05, 0) is 65.1 Å². The molecule has 1 N–H and O–H groups in total. The molecule has 0 radical (unpaired) electrons. The lowest BCUT2D eigenvalue weighted by Crippen LogP contribution is -2.40. The molecular weight excluding hydrogens is 447 g/mol. The van der Waals surface area contributed by atoms with E-state index in [1.54, 1.807) is 34.9 Å². The van der Waals surface area contributed by atoms with Crippen LogP contribution in [0, 0.1) is 6.92 Å². The van der Waals surface area contributed by atoms with Crippen molar-refractivity contribution < 1.29 is 9.67 Å². The Morgan fingerprint density at radius 2 is 1.58 bits per heavy atom. The topological polar surface area (TPSA) is 39.0 Å². The molecule has 0 saturated heterocycles. The SMILES string of the molecule is Cc1cc(NC(=S)/C(=C(\[O-])c2ccc(Cl)cc2)[n+]2ccc(C(C)(C)C)cc2)ccc1Cl. The molecule has 160 valence electrons. The minimum atomic E-state index is -0.201. The predicted molar refractivity (Wildman–Crippen MR) is 132 cm³/mol. The Labute approximate surface area is 199 Å². The van der Waals surface area contributed by atoms with Gasteiger partial charge in [-0.25, -0.2) is 0 Å². The number of hydrogen-bond acceptors (Lipinski definition) is 2. The minimum absolute atomic E-state index is 0.000958. The molecule has 0 fully saturated rings. The van der Waals surface area contributed by atoms with E-state index in [4.69, 9.17) is 35.4 Å². The van der Waals surface area contributed by atoms with E-state index in [1.807, 2.05) is 43.6 Å². The van der Waals surface area contributed by atoms with E-state index in [-0.39, 0.29) is 11.2 Å². The Balaban J connectivity index is 2.07. The summed E-state index contributed by atoms with van der Waals surface area (Å²) in [7, 11) is 0. The van der Waals surface area contributed by atoms with Gasteiger partial charge in [0.05, 0.1) is 0 Å². The number of thiocarbonyl (C=S) groups is 1. The average Bonchev–Trinajstić information content (AvgIpc) is 2.71. The molecule has 0 aliphatic heterocycles. The first-order chi connectivity index (χ1) is 14.6. The van der Waals surface area contributed by atoms with E-state index >= 15 is 0 Å². The maximum atomic E-state index is 13.4. The summed E-state index contributed by atoms with van der Waals surface area (Å²) >= 11 is 17.8. The van der Waals surface area contributed by atoms with Crippen molar-refractivity contribution in [2.45, 2.75) is 33.1 Å². The van der Waals surface area contributed by atoms with Gasteiger partial charge in [0.15, 0.2) is 17.4 Å². The molecule has 31 heavy (non-hydrogen) atoms. The molecule has 6 heteroatoms. The van der Waals surface area contributed by atoms with Gasteiger partial charge in [0.2, 0.25) is 5.70 Å². The quantitative estimate of drug-likeness (QED) is 0.219. The number of halogens is 2. The molecule has 1 heterocycles. The van der Waals surface area contributed by atoms with Gasteiger partial charge in [-0.2, -0.15) is 4.57 Å². The fourth-order valence-electron chi connectivity index (χ4n) is 3.06. The highest BCUT2D eigenvalue weighted by atomic mass is 35.5. The predicted octanol–water partition coefficient (Wildman–Crippen LogP) is 6.01. The smallest absolute Gasteiger partial charge is 0.238 e. The summed E-state index contributed by atoms with van der Waals surface area (Å²) in [5.74, 6) is -0.201. The number of nitrogens with zero attached hydrogens (tertiary/aromatic N) is 1. The van der Waals surface area contributed by atoms with E-state index in [1.165, 1.54) is 0 Å². The Bertz CT molecular complexity index is 1130. The summed E-state index contributed by atoms with van der Waals surface area (Å²) in [5.41, 5.74) is 3.70. The number of nitrogens with one attached hydrogen (secondary N) is 1. The summed E-state index contributed by atoms with van der Waals surface area (Å²) in [6, 6.07) is 16.3. The van der Waals surface area contributed by atoms with Crippen molar-refractivity contribution in [2.24, 2.45) is 0 Å². The van der Waals surface area contributed by atoms with Gasteiger partial charge in [0, 0.05) is 27.9 Å². The first kappa shape index (κ1) is 23.3. The third kappa shape index (κ3) is 5.65. The van der Waals surface area contributed by atoms with Crippen LogP contribution < -0.4 is 15.0 Å². The fraction of sp³-hybridized carbons (Fsp3) is 0.200. The van der Waals surface area contributed by atoms with E-state index in [0.717, 1.165) is 16.8 Å². The van der Waals surface area contributed by atoms with Crippen molar-refractivity contribution in [3.8, 4) is 0 Å². The molecule has 0 saturated carbocycles. The van der Waals surface area contributed by atoms with Crippen LogP contribution in [0.5, 0.6) is 0 Å². The Kier molecular flexibility index (Phi) is 7.05. The summed E-state index contributed by atoms with van der Waals surface area (Å²) in [4.78, 5) is 0.315. The van der Waals surface area contributed by atoms with E-state index in [2.05, 4.69) is 26.1 Å². The Hall–Kier alpha value is -2.40. The van der Waals surface area contributed by atoms with Crippen LogP contribution in [-0.4, -0.2) is 4.99 Å². The largest absolute Gasteiger partial charge is 0.867 e. The third-order valence-corrected chi connectivity index (χ3v) is 5.88. The number of hydrogen-bond donors (Lipinski definition) is 1. The first-order valence-electron chi connectivity index (χ1n) is 9.83. The van der Waals surface area contributed by atoms with Crippen molar-refractivity contribution >= 4 is 57.6 Å². The average molecular weight is 471 g/mol. The number of aryl methyl sites for hydroxylation is 1. The zero-order valence-electron chi connectivity index (χ0n) is 17.9. The highest BCUT2D eigenvalue weighted by Crippen LogP contribution is 2.24. The summed E-state index contributed by atoms with van der Waals surface area (Å²) < 4.78 is 1.75. The summed E-state index contributed by atoms with van der Waals surface area (Å²) in [5, 5.41) is 17.9. The zero-order valence-corrected chi connectivity index (χ0v) is 20.2.